The lowest BCUT2D eigenvalue weighted by atomic mass is 9.80. The number of benzene rings is 3. The van der Waals surface area contributed by atoms with Gasteiger partial charge in [-0.25, -0.2) is 0 Å². The molecule has 0 aliphatic rings. The lowest BCUT2D eigenvalue weighted by Gasteiger charge is -2.36. The van der Waals surface area contributed by atoms with Crippen molar-refractivity contribution in [3.8, 4) is 5.75 Å². The van der Waals surface area contributed by atoms with Gasteiger partial charge in [-0.2, -0.15) is 5.20 Å². The summed E-state index contributed by atoms with van der Waals surface area (Å²) in [4.78, 5) is 17.7. The number of nitrogens with one attached hydrogen (secondary N) is 2. The predicted octanol–water partition coefficient (Wildman–Crippen LogP) is 6.84. The Kier molecular flexibility index (Phi) is 15.3. The van der Waals surface area contributed by atoms with E-state index in [1.165, 1.54) is 19.3 Å². The molecule has 0 aromatic heterocycles. The maximum absolute atomic E-state index is 8.85. The molecule has 0 fully saturated rings. The van der Waals surface area contributed by atoms with Crippen LogP contribution in [0.3, 0.4) is 0 Å². The van der Waals surface area contributed by atoms with Crippen molar-refractivity contribution in [2.75, 3.05) is 27.4 Å². The standard InChI is InChI=1S/C33H47N2O5P/c1-38-31(21-15-26-34-35-41(36)37)20-13-5-3-4-6-14-27-40-33(28-16-9-7-10-17-28,29-18-11-8-12-19-29)30-22-24-32(39-2)25-23-30/h7-12,16-19,22-25,31,34-37H,3-6,13-15,20-21,26-27H2,1-2H3. The fourth-order valence-corrected chi connectivity index (χ4v) is 5.51. The zero-order chi connectivity index (χ0) is 29.2. The maximum Gasteiger partial charge on any atom is 0.264 e. The number of ether oxygens (including phenoxy) is 3. The molecule has 3 aromatic carbocycles. The highest BCUT2D eigenvalue weighted by Crippen LogP contribution is 2.41. The number of rotatable bonds is 21. The van der Waals surface area contributed by atoms with Crippen LogP contribution in [0.4, 0.5) is 0 Å². The molecule has 0 saturated carbocycles. The minimum absolute atomic E-state index is 0.247. The number of unbranched alkanes of at least 4 members (excludes halogenated alkanes) is 5. The van der Waals surface area contributed by atoms with Crippen LogP contribution in [0.15, 0.2) is 84.9 Å². The van der Waals surface area contributed by atoms with E-state index in [9.17, 15) is 0 Å². The summed E-state index contributed by atoms with van der Waals surface area (Å²) in [6.45, 7) is 1.34. The van der Waals surface area contributed by atoms with Crippen molar-refractivity contribution >= 4 is 8.53 Å². The van der Waals surface area contributed by atoms with Gasteiger partial charge in [0.25, 0.3) is 8.53 Å². The quantitative estimate of drug-likeness (QED) is 0.0473. The van der Waals surface area contributed by atoms with Crippen molar-refractivity contribution in [3.05, 3.63) is 102 Å². The summed E-state index contributed by atoms with van der Waals surface area (Å²) in [5.74, 6) is 0.828. The van der Waals surface area contributed by atoms with Gasteiger partial charge < -0.3 is 24.0 Å². The molecule has 0 amide bonds. The van der Waals surface area contributed by atoms with Gasteiger partial charge >= 0.3 is 0 Å². The van der Waals surface area contributed by atoms with Gasteiger partial charge in [-0.3, -0.25) is 5.43 Å². The summed E-state index contributed by atoms with van der Waals surface area (Å²) in [6, 6.07) is 29.2. The van der Waals surface area contributed by atoms with E-state index in [1.807, 2.05) is 24.3 Å². The molecular weight excluding hydrogens is 535 g/mol. The van der Waals surface area contributed by atoms with Crippen LogP contribution < -0.4 is 15.4 Å². The molecule has 3 aromatic rings. The summed E-state index contributed by atoms with van der Waals surface area (Å²) in [6.07, 6.45) is 10.1. The smallest absolute Gasteiger partial charge is 0.264 e. The van der Waals surface area contributed by atoms with Gasteiger partial charge in [0, 0.05) is 20.3 Å². The molecule has 0 radical (unpaired) electrons. The fraction of sp³-hybridized carbons (Fsp3) is 0.455. The van der Waals surface area contributed by atoms with E-state index in [0.29, 0.717) is 13.2 Å². The lowest BCUT2D eigenvalue weighted by Crippen LogP contribution is -2.33. The van der Waals surface area contributed by atoms with Crippen LogP contribution in [-0.2, 0) is 15.1 Å². The van der Waals surface area contributed by atoms with Gasteiger partial charge in [-0.05, 0) is 54.5 Å². The highest BCUT2D eigenvalue weighted by molar-refractivity contribution is 7.42. The van der Waals surface area contributed by atoms with E-state index in [4.69, 9.17) is 24.0 Å². The normalized spacial score (nSPS) is 12.5. The Morgan fingerprint density at radius 3 is 1.78 bits per heavy atom. The molecular formula is C33H47N2O5P. The zero-order valence-corrected chi connectivity index (χ0v) is 25.4. The monoisotopic (exact) mass is 582 g/mol. The van der Waals surface area contributed by atoms with Gasteiger partial charge in [-0.1, -0.05) is 105 Å². The molecule has 0 heterocycles. The second kappa shape index (κ2) is 19.0. The van der Waals surface area contributed by atoms with E-state index < -0.39 is 14.1 Å². The first-order valence-corrected chi connectivity index (χ1v) is 15.9. The van der Waals surface area contributed by atoms with Gasteiger partial charge in [0.05, 0.1) is 13.2 Å². The topological polar surface area (TPSA) is 92.2 Å². The molecule has 3 rings (SSSR count). The third-order valence-electron chi connectivity index (χ3n) is 7.44. The Morgan fingerprint density at radius 2 is 1.22 bits per heavy atom. The highest BCUT2D eigenvalue weighted by Gasteiger charge is 2.37. The van der Waals surface area contributed by atoms with Crippen LogP contribution in [-0.4, -0.2) is 43.3 Å². The summed E-state index contributed by atoms with van der Waals surface area (Å²) in [5.41, 5.74) is 5.43. The minimum atomic E-state index is -2.10. The number of hydrazine groups is 1. The summed E-state index contributed by atoms with van der Waals surface area (Å²) in [5, 5.41) is 2.43. The molecule has 0 saturated heterocycles. The first kappa shape index (κ1) is 33.2. The third kappa shape index (κ3) is 10.8. The number of hydrogen-bond donors (Lipinski definition) is 4. The average molecular weight is 583 g/mol. The van der Waals surface area contributed by atoms with Crippen LogP contribution in [0.2, 0.25) is 0 Å². The zero-order valence-electron chi connectivity index (χ0n) is 24.5. The van der Waals surface area contributed by atoms with Crippen molar-refractivity contribution in [1.82, 2.24) is 10.6 Å². The average Bonchev–Trinajstić information content (AvgIpc) is 3.02. The van der Waals surface area contributed by atoms with E-state index in [-0.39, 0.29) is 6.10 Å². The molecule has 0 spiro atoms. The largest absolute Gasteiger partial charge is 0.497 e. The first-order chi connectivity index (χ1) is 20.1. The van der Waals surface area contributed by atoms with Crippen LogP contribution in [0.25, 0.3) is 0 Å². The van der Waals surface area contributed by atoms with E-state index in [0.717, 1.165) is 61.0 Å². The Hall–Kier alpha value is -2.35. The van der Waals surface area contributed by atoms with Crippen molar-refractivity contribution in [2.24, 2.45) is 0 Å². The van der Waals surface area contributed by atoms with E-state index >= 15 is 0 Å². The summed E-state index contributed by atoms with van der Waals surface area (Å²) in [7, 11) is 1.36. The van der Waals surface area contributed by atoms with Crippen molar-refractivity contribution in [1.29, 1.82) is 0 Å². The van der Waals surface area contributed by atoms with Crippen LogP contribution in [0.5, 0.6) is 5.75 Å². The molecule has 224 valence electrons. The van der Waals surface area contributed by atoms with Crippen LogP contribution in [0.1, 0.15) is 74.5 Å². The molecule has 1 atom stereocenters. The van der Waals surface area contributed by atoms with E-state index in [2.05, 4.69) is 71.3 Å². The summed E-state index contributed by atoms with van der Waals surface area (Å²) < 4.78 is 18.0. The SMILES string of the molecule is COc1ccc(C(OCCCCCCCCC(CCCNNP(O)O)OC)(c2ccccc2)c2ccccc2)cc1. The van der Waals surface area contributed by atoms with Gasteiger partial charge in [0.15, 0.2) is 0 Å². The second-order valence-electron chi connectivity index (χ2n) is 10.2. The van der Waals surface area contributed by atoms with Crippen molar-refractivity contribution < 1.29 is 24.0 Å². The van der Waals surface area contributed by atoms with Gasteiger partial charge in [0.1, 0.15) is 11.4 Å². The van der Waals surface area contributed by atoms with Crippen LogP contribution in [0, 0.1) is 0 Å². The Balaban J connectivity index is 1.49. The fourth-order valence-electron chi connectivity index (χ4n) is 5.25. The highest BCUT2D eigenvalue weighted by atomic mass is 31.2. The molecule has 7 nitrogen and oxygen atoms in total. The lowest BCUT2D eigenvalue weighted by molar-refractivity contribution is 0.0106. The Morgan fingerprint density at radius 1 is 0.683 bits per heavy atom. The molecule has 4 N–H and O–H groups in total. The number of methoxy groups -OCH3 is 2. The van der Waals surface area contributed by atoms with Gasteiger partial charge in [-0.15, -0.1) is 0 Å². The third-order valence-corrected chi connectivity index (χ3v) is 7.79. The first-order valence-electron chi connectivity index (χ1n) is 14.7. The molecule has 41 heavy (non-hydrogen) atoms. The molecule has 0 aliphatic heterocycles. The molecule has 0 aliphatic carbocycles. The molecule has 0 bridgehead atoms. The maximum atomic E-state index is 8.85. The Labute approximate surface area is 247 Å². The second-order valence-corrected chi connectivity index (χ2v) is 11.0. The Bertz CT molecular complexity index is 1030. The predicted molar refractivity (Wildman–Crippen MR) is 167 cm³/mol. The molecule has 1 unspecified atom stereocenters. The van der Waals surface area contributed by atoms with Crippen LogP contribution >= 0.6 is 8.53 Å². The van der Waals surface area contributed by atoms with Crippen molar-refractivity contribution in [3.63, 3.8) is 0 Å². The molecule has 8 heteroatoms. The summed E-state index contributed by atoms with van der Waals surface area (Å²) >= 11 is 0. The van der Waals surface area contributed by atoms with E-state index in [1.54, 1.807) is 14.2 Å². The van der Waals surface area contributed by atoms with Gasteiger partial charge in [0.2, 0.25) is 0 Å². The van der Waals surface area contributed by atoms with Crippen molar-refractivity contribution in [2.45, 2.75) is 69.5 Å². The number of hydrogen-bond acceptors (Lipinski definition) is 7. The minimum Gasteiger partial charge on any atom is -0.497 e.